The van der Waals surface area contributed by atoms with E-state index in [9.17, 15) is 4.39 Å². The van der Waals surface area contributed by atoms with Crippen LogP contribution in [0.1, 0.15) is 42.9 Å². The van der Waals surface area contributed by atoms with Crippen LogP contribution in [0, 0.1) is 5.82 Å². The van der Waals surface area contributed by atoms with Crippen molar-refractivity contribution in [2.24, 2.45) is 7.05 Å². The Bertz CT molecular complexity index is 1350. The Kier molecular flexibility index (Phi) is 6.33. The van der Waals surface area contributed by atoms with Gasteiger partial charge in [-0.15, -0.1) is 0 Å². The minimum atomic E-state index is -0.453. The highest BCUT2D eigenvalue weighted by molar-refractivity contribution is 5.87. The maximum absolute atomic E-state index is 14.9. The second kappa shape index (κ2) is 9.91. The molecule has 2 aliphatic rings. The number of nitrogens with zero attached hydrogens (tertiary/aromatic N) is 6. The molecule has 1 aromatic carbocycles. The average molecular weight is 487 g/mol. The molecule has 36 heavy (non-hydrogen) atoms. The molecule has 0 radical (unpaired) electrons. The van der Waals surface area contributed by atoms with Gasteiger partial charge in [0, 0.05) is 68.5 Å². The molecule has 8 nitrogen and oxygen atoms in total. The molecule has 1 saturated carbocycles. The predicted octanol–water partition coefficient (Wildman–Crippen LogP) is 4.37. The van der Waals surface area contributed by atoms with Crippen LogP contribution in [0.2, 0.25) is 0 Å². The lowest BCUT2D eigenvalue weighted by molar-refractivity contribution is 0.233. The number of anilines is 2. The van der Waals surface area contributed by atoms with Gasteiger partial charge in [0.05, 0.1) is 11.7 Å². The molecule has 0 spiro atoms. The lowest BCUT2D eigenvalue weighted by Gasteiger charge is -2.27. The third-order valence-electron chi connectivity index (χ3n) is 7.32. The summed E-state index contributed by atoms with van der Waals surface area (Å²) in [4.78, 5) is 15.6. The van der Waals surface area contributed by atoms with E-state index in [1.165, 1.54) is 37.6 Å². The molecule has 1 saturated heterocycles. The number of benzene rings is 1. The van der Waals surface area contributed by atoms with E-state index >= 15 is 0 Å². The smallest absolute Gasteiger partial charge is 0.229 e. The highest BCUT2D eigenvalue weighted by atomic mass is 19.1. The van der Waals surface area contributed by atoms with Crippen molar-refractivity contribution in [1.29, 1.82) is 0 Å². The topological polar surface area (TPSA) is 83.8 Å². The van der Waals surface area contributed by atoms with Crippen LogP contribution in [0.25, 0.3) is 22.2 Å². The number of hydrogen-bond donors (Lipinski definition) is 2. The first-order chi connectivity index (χ1) is 17.6. The van der Waals surface area contributed by atoms with Gasteiger partial charge < -0.3 is 10.6 Å². The zero-order chi connectivity index (χ0) is 24.5. The maximum atomic E-state index is 14.9. The van der Waals surface area contributed by atoms with Crippen LogP contribution in [0.5, 0.6) is 0 Å². The van der Waals surface area contributed by atoms with Gasteiger partial charge in [-0.1, -0.05) is 25.0 Å². The monoisotopic (exact) mass is 486 g/mol. The van der Waals surface area contributed by atoms with Gasteiger partial charge in [0.2, 0.25) is 5.95 Å². The number of halogens is 1. The van der Waals surface area contributed by atoms with Crippen molar-refractivity contribution < 1.29 is 4.39 Å². The van der Waals surface area contributed by atoms with Crippen molar-refractivity contribution in [2.45, 2.75) is 38.1 Å². The molecule has 0 atom stereocenters. The lowest BCUT2D eigenvalue weighted by Crippen LogP contribution is -2.42. The SMILES string of the molecule is Cn1nc2ccc(-c3nc(Nc4ccc(CN5CCNCC5)cn4)ncc3F)cc2c1C1CCCC1. The normalized spacial score (nSPS) is 17.2. The third-order valence-corrected chi connectivity index (χ3v) is 7.32. The van der Waals surface area contributed by atoms with E-state index in [-0.39, 0.29) is 5.69 Å². The van der Waals surface area contributed by atoms with Crippen molar-refractivity contribution in [3.05, 3.63) is 59.8 Å². The summed E-state index contributed by atoms with van der Waals surface area (Å²) in [5.74, 6) is 0.993. The fourth-order valence-corrected chi connectivity index (χ4v) is 5.51. The number of pyridine rings is 1. The first-order valence-corrected chi connectivity index (χ1v) is 12.8. The number of hydrogen-bond acceptors (Lipinski definition) is 7. The first kappa shape index (κ1) is 23.0. The molecule has 4 heterocycles. The summed E-state index contributed by atoms with van der Waals surface area (Å²) in [5.41, 5.74) is 4.32. The van der Waals surface area contributed by atoms with E-state index < -0.39 is 5.82 Å². The summed E-state index contributed by atoms with van der Waals surface area (Å²) in [6, 6.07) is 9.83. The summed E-state index contributed by atoms with van der Waals surface area (Å²) in [6.07, 6.45) is 7.94. The Hall–Kier alpha value is -3.43. The van der Waals surface area contributed by atoms with Crippen LogP contribution in [0.15, 0.2) is 42.7 Å². The van der Waals surface area contributed by atoms with E-state index in [0.29, 0.717) is 17.7 Å². The van der Waals surface area contributed by atoms with Crippen molar-refractivity contribution >= 4 is 22.7 Å². The highest BCUT2D eigenvalue weighted by Crippen LogP contribution is 2.38. The summed E-state index contributed by atoms with van der Waals surface area (Å²) in [6.45, 7) is 5.00. The van der Waals surface area contributed by atoms with Crippen molar-refractivity contribution in [3.8, 4) is 11.3 Å². The molecule has 0 bridgehead atoms. The van der Waals surface area contributed by atoms with Crippen molar-refractivity contribution in [3.63, 3.8) is 0 Å². The molecule has 1 aliphatic heterocycles. The molecule has 2 fully saturated rings. The number of fused-ring (bicyclic) bond motifs is 1. The van der Waals surface area contributed by atoms with Crippen LogP contribution < -0.4 is 10.6 Å². The predicted molar refractivity (Wildman–Crippen MR) is 139 cm³/mol. The van der Waals surface area contributed by atoms with Crippen molar-refractivity contribution in [1.82, 2.24) is 34.9 Å². The molecule has 0 unspecified atom stereocenters. The van der Waals surface area contributed by atoms with Gasteiger partial charge >= 0.3 is 0 Å². The molecule has 2 N–H and O–H groups in total. The van der Waals surface area contributed by atoms with Gasteiger partial charge in [0.25, 0.3) is 0 Å². The number of nitrogens with one attached hydrogen (secondary N) is 2. The van der Waals surface area contributed by atoms with E-state index in [1.54, 1.807) is 0 Å². The summed E-state index contributed by atoms with van der Waals surface area (Å²) < 4.78 is 16.9. The zero-order valence-electron chi connectivity index (χ0n) is 20.5. The second-order valence-electron chi connectivity index (χ2n) is 9.82. The van der Waals surface area contributed by atoms with E-state index in [1.807, 2.05) is 42.2 Å². The molecule has 1 aliphatic carbocycles. The van der Waals surface area contributed by atoms with Gasteiger partial charge in [-0.3, -0.25) is 9.58 Å². The Morgan fingerprint density at radius 2 is 1.89 bits per heavy atom. The van der Waals surface area contributed by atoms with Crippen LogP contribution in [0.4, 0.5) is 16.2 Å². The van der Waals surface area contributed by atoms with Gasteiger partial charge in [0.1, 0.15) is 11.5 Å². The van der Waals surface area contributed by atoms with Crippen LogP contribution in [-0.4, -0.2) is 55.8 Å². The van der Waals surface area contributed by atoms with Gasteiger partial charge in [-0.2, -0.15) is 5.10 Å². The van der Waals surface area contributed by atoms with Crippen molar-refractivity contribution in [2.75, 3.05) is 31.5 Å². The maximum Gasteiger partial charge on any atom is 0.229 e. The fourth-order valence-electron chi connectivity index (χ4n) is 5.51. The van der Waals surface area contributed by atoms with Crippen LogP contribution in [0.3, 0.4) is 0 Å². The number of rotatable bonds is 6. The minimum absolute atomic E-state index is 0.269. The highest BCUT2D eigenvalue weighted by Gasteiger charge is 2.24. The standard InChI is InChI=1S/C27H31FN8/c1-35-26(19-4-2-3-5-19)21-14-20(7-8-23(21)34-35)25-22(28)16-31-27(33-25)32-24-9-6-18(15-30-24)17-36-12-10-29-11-13-36/h6-9,14-16,19,29H,2-5,10-13,17H2,1H3,(H,30,31,32,33). The summed E-state index contributed by atoms with van der Waals surface area (Å²) in [7, 11) is 2.00. The molecule has 4 aromatic rings. The van der Waals surface area contributed by atoms with Gasteiger partial charge in [-0.05, 0) is 36.6 Å². The third kappa shape index (κ3) is 4.68. The average Bonchev–Trinajstić information content (AvgIpc) is 3.53. The Labute approximate surface area is 210 Å². The second-order valence-corrected chi connectivity index (χ2v) is 9.82. The number of aryl methyl sites for hydroxylation is 1. The molecular formula is C27H31FN8. The summed E-state index contributed by atoms with van der Waals surface area (Å²) in [5, 5.41) is 12.3. The van der Waals surface area contributed by atoms with Gasteiger partial charge in [0.15, 0.2) is 5.82 Å². The Balaban J connectivity index is 1.24. The number of piperazine rings is 1. The Morgan fingerprint density at radius 1 is 1.06 bits per heavy atom. The molecule has 3 aromatic heterocycles. The fraction of sp³-hybridized carbons (Fsp3) is 0.407. The van der Waals surface area contributed by atoms with E-state index in [0.717, 1.165) is 54.8 Å². The summed E-state index contributed by atoms with van der Waals surface area (Å²) >= 11 is 0. The van der Waals surface area contributed by atoms with E-state index in [2.05, 4.69) is 36.6 Å². The van der Waals surface area contributed by atoms with E-state index in [4.69, 9.17) is 5.10 Å². The lowest BCUT2D eigenvalue weighted by atomic mass is 9.98. The Morgan fingerprint density at radius 3 is 2.67 bits per heavy atom. The number of aromatic nitrogens is 5. The largest absolute Gasteiger partial charge is 0.314 e. The molecule has 9 heteroatoms. The molecule has 6 rings (SSSR count). The molecule has 186 valence electrons. The molecular weight excluding hydrogens is 455 g/mol. The quantitative estimate of drug-likeness (QED) is 0.419. The molecule has 0 amide bonds. The van der Waals surface area contributed by atoms with Crippen LogP contribution >= 0.6 is 0 Å². The van der Waals surface area contributed by atoms with Gasteiger partial charge in [-0.25, -0.2) is 19.3 Å². The minimum Gasteiger partial charge on any atom is -0.314 e. The first-order valence-electron chi connectivity index (χ1n) is 12.8. The van der Waals surface area contributed by atoms with Crippen LogP contribution in [-0.2, 0) is 13.6 Å². The zero-order valence-corrected chi connectivity index (χ0v) is 20.5.